The first kappa shape index (κ1) is 9.01. The number of likely N-dealkylation sites (N-methyl/N-ethyl adjacent to an activating group) is 1. The topological polar surface area (TPSA) is 9.23 Å². The third-order valence-electron chi connectivity index (χ3n) is 2.44. The molecule has 0 amide bonds. The van der Waals surface area contributed by atoms with Crippen LogP contribution in [0.15, 0.2) is 0 Å². The van der Waals surface area contributed by atoms with Crippen molar-refractivity contribution in [1.82, 2.24) is 0 Å². The van der Waals surface area contributed by atoms with Crippen LogP contribution < -0.4 is 0 Å². The van der Waals surface area contributed by atoms with E-state index in [4.69, 9.17) is 4.74 Å². The minimum atomic E-state index is 0.478. The quantitative estimate of drug-likeness (QED) is 0.547. The van der Waals surface area contributed by atoms with Gasteiger partial charge in [0.2, 0.25) is 0 Å². The Bertz CT molecular complexity index is 139. The van der Waals surface area contributed by atoms with Gasteiger partial charge in [0.25, 0.3) is 0 Å². The van der Waals surface area contributed by atoms with Crippen LogP contribution in [0.2, 0.25) is 0 Å². The Balaban J connectivity index is 2.31. The van der Waals surface area contributed by atoms with Crippen molar-refractivity contribution in [2.75, 3.05) is 27.7 Å². The zero-order valence-electron chi connectivity index (χ0n) is 8.29. The van der Waals surface area contributed by atoms with E-state index in [2.05, 4.69) is 35.0 Å². The lowest BCUT2D eigenvalue weighted by Gasteiger charge is -2.43. The molecular formula is C9H20NO+. The van der Waals surface area contributed by atoms with Crippen LogP contribution in [-0.2, 0) is 4.74 Å². The molecule has 0 N–H and O–H groups in total. The summed E-state index contributed by atoms with van der Waals surface area (Å²) >= 11 is 0. The molecule has 0 aromatic carbocycles. The maximum absolute atomic E-state index is 5.61. The number of ether oxygens (including phenoxy) is 1. The van der Waals surface area contributed by atoms with Crippen molar-refractivity contribution < 1.29 is 9.22 Å². The standard InChI is InChI=1S/C9H20NO/c1-7-8(2)11-9(7)6-10(3,4)5/h7-9H,6H2,1-5H3/q+1. The van der Waals surface area contributed by atoms with E-state index in [9.17, 15) is 0 Å². The fourth-order valence-corrected chi connectivity index (χ4v) is 1.49. The fraction of sp³-hybridized carbons (Fsp3) is 1.00. The molecule has 1 saturated heterocycles. The second-order valence-corrected chi connectivity index (χ2v) is 4.71. The second kappa shape index (κ2) is 2.76. The maximum atomic E-state index is 5.61. The third kappa shape index (κ3) is 2.17. The van der Waals surface area contributed by atoms with E-state index in [-0.39, 0.29) is 0 Å². The summed E-state index contributed by atoms with van der Waals surface area (Å²) in [6.07, 6.45) is 0.969. The summed E-state index contributed by atoms with van der Waals surface area (Å²) in [6, 6.07) is 0. The highest BCUT2D eigenvalue weighted by Crippen LogP contribution is 2.28. The van der Waals surface area contributed by atoms with Gasteiger partial charge in [-0.3, -0.25) is 0 Å². The molecule has 1 rings (SSSR count). The molecule has 3 atom stereocenters. The fourth-order valence-electron chi connectivity index (χ4n) is 1.49. The summed E-state index contributed by atoms with van der Waals surface area (Å²) in [7, 11) is 6.62. The van der Waals surface area contributed by atoms with Crippen molar-refractivity contribution >= 4 is 0 Å². The van der Waals surface area contributed by atoms with Gasteiger partial charge in [-0.2, -0.15) is 0 Å². The average molecular weight is 158 g/mol. The predicted octanol–water partition coefficient (Wildman–Crippen LogP) is 1.12. The van der Waals surface area contributed by atoms with E-state index in [0.717, 1.165) is 16.9 Å². The van der Waals surface area contributed by atoms with E-state index in [1.54, 1.807) is 0 Å². The molecule has 66 valence electrons. The van der Waals surface area contributed by atoms with Crippen molar-refractivity contribution in [3.05, 3.63) is 0 Å². The lowest BCUT2D eigenvalue weighted by atomic mass is 9.92. The zero-order valence-corrected chi connectivity index (χ0v) is 8.29. The normalized spacial score (nSPS) is 38.5. The largest absolute Gasteiger partial charge is 0.369 e. The van der Waals surface area contributed by atoms with Gasteiger partial charge in [0.15, 0.2) is 0 Å². The van der Waals surface area contributed by atoms with E-state index >= 15 is 0 Å². The van der Waals surface area contributed by atoms with E-state index in [1.165, 1.54) is 0 Å². The SMILES string of the molecule is CC1OC(C[N+](C)(C)C)C1C. The molecule has 2 nitrogen and oxygen atoms in total. The van der Waals surface area contributed by atoms with Gasteiger partial charge < -0.3 is 9.22 Å². The van der Waals surface area contributed by atoms with E-state index in [1.807, 2.05) is 0 Å². The first-order valence-corrected chi connectivity index (χ1v) is 4.36. The molecule has 1 aliphatic heterocycles. The van der Waals surface area contributed by atoms with Crippen molar-refractivity contribution in [2.45, 2.75) is 26.1 Å². The number of nitrogens with zero attached hydrogens (tertiary/aromatic N) is 1. The van der Waals surface area contributed by atoms with Crippen LogP contribution in [0.1, 0.15) is 13.8 Å². The van der Waals surface area contributed by atoms with Gasteiger partial charge in [-0.25, -0.2) is 0 Å². The molecule has 0 aromatic heterocycles. The highest BCUT2D eigenvalue weighted by Gasteiger charge is 2.38. The Morgan fingerprint density at radius 1 is 1.18 bits per heavy atom. The first-order chi connectivity index (χ1) is 4.90. The van der Waals surface area contributed by atoms with Crippen LogP contribution in [-0.4, -0.2) is 44.4 Å². The molecule has 2 heteroatoms. The van der Waals surface area contributed by atoms with Gasteiger partial charge in [-0.1, -0.05) is 6.92 Å². The van der Waals surface area contributed by atoms with Crippen LogP contribution >= 0.6 is 0 Å². The van der Waals surface area contributed by atoms with Gasteiger partial charge in [-0.05, 0) is 6.92 Å². The summed E-state index contributed by atoms with van der Waals surface area (Å²) < 4.78 is 6.61. The number of quaternary nitrogens is 1. The Labute approximate surface area is 69.7 Å². The van der Waals surface area contributed by atoms with Crippen molar-refractivity contribution in [3.63, 3.8) is 0 Å². The van der Waals surface area contributed by atoms with Crippen LogP contribution in [0, 0.1) is 5.92 Å². The maximum Gasteiger partial charge on any atom is 0.112 e. The Morgan fingerprint density at radius 2 is 1.73 bits per heavy atom. The zero-order chi connectivity index (χ0) is 8.65. The minimum Gasteiger partial charge on any atom is -0.369 e. The molecule has 0 aliphatic carbocycles. The summed E-state index contributed by atoms with van der Waals surface area (Å²) in [6.45, 7) is 5.55. The summed E-state index contributed by atoms with van der Waals surface area (Å²) in [5.74, 6) is 0.743. The second-order valence-electron chi connectivity index (χ2n) is 4.71. The van der Waals surface area contributed by atoms with Crippen LogP contribution in [0.25, 0.3) is 0 Å². The third-order valence-corrected chi connectivity index (χ3v) is 2.44. The van der Waals surface area contributed by atoms with Gasteiger partial charge in [0.05, 0.1) is 27.2 Å². The van der Waals surface area contributed by atoms with Gasteiger partial charge in [-0.15, -0.1) is 0 Å². The van der Waals surface area contributed by atoms with Crippen molar-refractivity contribution in [1.29, 1.82) is 0 Å². The van der Waals surface area contributed by atoms with Gasteiger partial charge >= 0.3 is 0 Å². The van der Waals surface area contributed by atoms with Gasteiger partial charge in [0, 0.05) is 5.92 Å². The number of hydrogen-bond acceptors (Lipinski definition) is 1. The molecular weight excluding hydrogens is 138 g/mol. The summed E-state index contributed by atoms with van der Waals surface area (Å²) in [4.78, 5) is 0. The predicted molar refractivity (Wildman–Crippen MR) is 46.4 cm³/mol. The molecule has 1 fully saturated rings. The number of hydrogen-bond donors (Lipinski definition) is 0. The summed E-state index contributed by atoms with van der Waals surface area (Å²) in [5.41, 5.74) is 0. The van der Waals surface area contributed by atoms with Crippen molar-refractivity contribution in [3.8, 4) is 0 Å². The Kier molecular flexibility index (Phi) is 2.26. The van der Waals surface area contributed by atoms with E-state index in [0.29, 0.717) is 12.2 Å². The van der Waals surface area contributed by atoms with Crippen LogP contribution in [0.4, 0.5) is 0 Å². The Hall–Kier alpha value is -0.0800. The molecule has 1 heterocycles. The highest BCUT2D eigenvalue weighted by molar-refractivity contribution is 4.81. The average Bonchev–Trinajstić information content (AvgIpc) is 1.84. The first-order valence-electron chi connectivity index (χ1n) is 4.36. The van der Waals surface area contributed by atoms with E-state index < -0.39 is 0 Å². The molecule has 1 aliphatic rings. The van der Waals surface area contributed by atoms with Gasteiger partial charge in [0.1, 0.15) is 12.6 Å². The Morgan fingerprint density at radius 3 is 2.00 bits per heavy atom. The molecule has 11 heavy (non-hydrogen) atoms. The molecule has 0 bridgehead atoms. The lowest BCUT2D eigenvalue weighted by Crippen LogP contribution is -2.54. The van der Waals surface area contributed by atoms with Crippen molar-refractivity contribution in [2.24, 2.45) is 5.92 Å². The monoisotopic (exact) mass is 158 g/mol. The lowest BCUT2D eigenvalue weighted by molar-refractivity contribution is -0.875. The smallest absolute Gasteiger partial charge is 0.112 e. The number of rotatable bonds is 2. The van der Waals surface area contributed by atoms with Crippen LogP contribution in [0.5, 0.6) is 0 Å². The molecule has 3 unspecified atom stereocenters. The minimum absolute atomic E-state index is 0.478. The molecule has 0 spiro atoms. The highest BCUT2D eigenvalue weighted by atomic mass is 16.5. The molecule has 0 saturated carbocycles. The molecule has 0 aromatic rings. The van der Waals surface area contributed by atoms with Crippen LogP contribution in [0.3, 0.4) is 0 Å². The summed E-state index contributed by atoms with van der Waals surface area (Å²) in [5, 5.41) is 0. The molecule has 0 radical (unpaired) electrons.